The second-order valence-electron chi connectivity index (χ2n) is 8.05. The van der Waals surface area contributed by atoms with Crippen LogP contribution in [0.2, 0.25) is 0 Å². The highest BCUT2D eigenvalue weighted by molar-refractivity contribution is 6.03. The number of carbonyl (C=O) groups excluding carboxylic acids is 1. The van der Waals surface area contributed by atoms with Crippen LogP contribution >= 0.6 is 0 Å². The first-order chi connectivity index (χ1) is 15.7. The van der Waals surface area contributed by atoms with Gasteiger partial charge >= 0.3 is 0 Å². The molecule has 160 valence electrons. The fourth-order valence-electron chi connectivity index (χ4n) is 4.67. The van der Waals surface area contributed by atoms with Gasteiger partial charge in [-0.15, -0.1) is 0 Å². The van der Waals surface area contributed by atoms with Crippen LogP contribution in [0, 0.1) is 5.82 Å². The van der Waals surface area contributed by atoms with E-state index in [9.17, 15) is 9.18 Å². The van der Waals surface area contributed by atoms with Crippen molar-refractivity contribution in [1.29, 1.82) is 0 Å². The summed E-state index contributed by atoms with van der Waals surface area (Å²) in [6.07, 6.45) is 0.353. The Morgan fingerprint density at radius 1 is 0.938 bits per heavy atom. The Bertz CT molecular complexity index is 1280. The van der Waals surface area contributed by atoms with Gasteiger partial charge in [0.2, 0.25) is 5.91 Å². The molecule has 0 fully saturated rings. The minimum atomic E-state index is -0.280. The van der Waals surface area contributed by atoms with E-state index in [1.807, 2.05) is 48.2 Å². The zero-order chi connectivity index (χ0) is 22.1. The van der Waals surface area contributed by atoms with Crippen LogP contribution in [-0.4, -0.2) is 12.5 Å². The van der Waals surface area contributed by atoms with Gasteiger partial charge in [0.25, 0.3) is 0 Å². The first-order valence-corrected chi connectivity index (χ1v) is 10.9. The van der Waals surface area contributed by atoms with Crippen LogP contribution in [0.4, 0.5) is 10.1 Å². The molecule has 1 aliphatic heterocycles. The SMILES string of the molecule is CCOc1ccccc1C1CC(=O)N(Cc2ccc(F)cc2)c2ccc3ccccc3c21. The minimum Gasteiger partial charge on any atom is -0.494 e. The van der Waals surface area contributed by atoms with Crippen LogP contribution in [0.3, 0.4) is 0 Å². The number of amides is 1. The van der Waals surface area contributed by atoms with Crippen molar-refractivity contribution in [3.8, 4) is 5.75 Å². The molecule has 1 atom stereocenters. The maximum absolute atomic E-state index is 13.4. The average Bonchev–Trinajstić information content (AvgIpc) is 2.82. The topological polar surface area (TPSA) is 29.5 Å². The minimum absolute atomic E-state index is 0.0495. The van der Waals surface area contributed by atoms with Crippen LogP contribution in [0.15, 0.2) is 84.9 Å². The van der Waals surface area contributed by atoms with E-state index >= 15 is 0 Å². The third kappa shape index (κ3) is 3.62. The molecule has 1 heterocycles. The van der Waals surface area contributed by atoms with Crippen molar-refractivity contribution in [2.75, 3.05) is 11.5 Å². The van der Waals surface area contributed by atoms with E-state index in [1.165, 1.54) is 12.1 Å². The van der Waals surface area contributed by atoms with E-state index in [0.717, 1.165) is 38.9 Å². The van der Waals surface area contributed by atoms with Crippen molar-refractivity contribution in [2.45, 2.75) is 25.8 Å². The molecule has 0 aromatic heterocycles. The Morgan fingerprint density at radius 3 is 2.50 bits per heavy atom. The smallest absolute Gasteiger partial charge is 0.228 e. The van der Waals surface area contributed by atoms with Gasteiger partial charge in [-0.3, -0.25) is 4.79 Å². The number of benzene rings is 4. The molecule has 1 unspecified atom stereocenters. The zero-order valence-corrected chi connectivity index (χ0v) is 17.9. The lowest BCUT2D eigenvalue weighted by molar-refractivity contribution is -0.119. The number of hydrogen-bond donors (Lipinski definition) is 0. The molecule has 32 heavy (non-hydrogen) atoms. The van der Waals surface area contributed by atoms with Crippen LogP contribution < -0.4 is 9.64 Å². The van der Waals surface area contributed by atoms with Gasteiger partial charge in [0, 0.05) is 23.6 Å². The fourth-order valence-corrected chi connectivity index (χ4v) is 4.67. The first kappa shape index (κ1) is 20.3. The van der Waals surface area contributed by atoms with Gasteiger partial charge in [-0.2, -0.15) is 0 Å². The molecule has 4 aromatic rings. The van der Waals surface area contributed by atoms with Gasteiger partial charge in [0.05, 0.1) is 13.2 Å². The fraction of sp³-hybridized carbons (Fsp3) is 0.179. The highest BCUT2D eigenvalue weighted by Crippen LogP contribution is 2.46. The predicted octanol–water partition coefficient (Wildman–Crippen LogP) is 6.45. The molecule has 5 rings (SSSR count). The Balaban J connectivity index is 1.68. The van der Waals surface area contributed by atoms with E-state index in [4.69, 9.17) is 4.74 Å². The summed E-state index contributed by atoms with van der Waals surface area (Å²) < 4.78 is 19.3. The third-order valence-corrected chi connectivity index (χ3v) is 6.11. The van der Waals surface area contributed by atoms with Gasteiger partial charge in [-0.25, -0.2) is 4.39 Å². The molecule has 0 saturated carbocycles. The monoisotopic (exact) mass is 425 g/mol. The Labute approximate surface area is 187 Å². The molecule has 1 aliphatic rings. The standard InChI is InChI=1S/C28H24FNO2/c1-2-32-26-10-6-5-9-23(26)24-17-27(31)30(18-19-11-14-21(29)15-12-19)25-16-13-20-7-3-4-8-22(20)28(24)25/h3-16,24H,2,17-18H2,1H3. The van der Waals surface area contributed by atoms with E-state index in [-0.39, 0.29) is 17.6 Å². The first-order valence-electron chi connectivity index (χ1n) is 10.9. The predicted molar refractivity (Wildman–Crippen MR) is 126 cm³/mol. The van der Waals surface area contributed by atoms with Gasteiger partial charge in [0.1, 0.15) is 11.6 Å². The van der Waals surface area contributed by atoms with Crippen molar-refractivity contribution in [1.82, 2.24) is 0 Å². The Morgan fingerprint density at radius 2 is 1.69 bits per heavy atom. The molecule has 0 radical (unpaired) electrons. The second kappa shape index (κ2) is 8.46. The lowest BCUT2D eigenvalue weighted by atomic mass is 9.80. The summed E-state index contributed by atoms with van der Waals surface area (Å²) in [5.41, 5.74) is 3.96. The number of nitrogens with zero attached hydrogens (tertiary/aromatic N) is 1. The van der Waals surface area contributed by atoms with Crippen molar-refractivity contribution in [2.24, 2.45) is 0 Å². The normalized spacial score (nSPS) is 15.6. The van der Waals surface area contributed by atoms with Crippen molar-refractivity contribution in [3.63, 3.8) is 0 Å². The number of anilines is 1. The van der Waals surface area contributed by atoms with Crippen molar-refractivity contribution < 1.29 is 13.9 Å². The molecule has 4 aromatic carbocycles. The molecule has 0 saturated heterocycles. The number of halogens is 1. The van der Waals surface area contributed by atoms with E-state index in [1.54, 1.807) is 12.1 Å². The lowest BCUT2D eigenvalue weighted by Crippen LogP contribution is -2.36. The summed E-state index contributed by atoms with van der Waals surface area (Å²) >= 11 is 0. The molecular weight excluding hydrogens is 401 g/mol. The van der Waals surface area contributed by atoms with Gasteiger partial charge in [-0.05, 0) is 53.1 Å². The number of fused-ring (bicyclic) bond motifs is 3. The van der Waals surface area contributed by atoms with Crippen LogP contribution in [0.25, 0.3) is 10.8 Å². The molecule has 0 bridgehead atoms. The highest BCUT2D eigenvalue weighted by Gasteiger charge is 2.35. The maximum atomic E-state index is 13.4. The van der Waals surface area contributed by atoms with Crippen LogP contribution in [0.1, 0.15) is 36.0 Å². The molecule has 4 heteroatoms. The average molecular weight is 426 g/mol. The summed E-state index contributed by atoms with van der Waals surface area (Å²) in [6, 6.07) is 26.7. The summed E-state index contributed by atoms with van der Waals surface area (Å²) in [6.45, 7) is 2.94. The molecule has 1 amide bonds. The molecule has 0 N–H and O–H groups in total. The summed E-state index contributed by atoms with van der Waals surface area (Å²) in [5, 5.41) is 2.28. The number of ether oxygens (including phenoxy) is 1. The van der Waals surface area contributed by atoms with Gasteiger partial charge in [-0.1, -0.05) is 60.7 Å². The van der Waals surface area contributed by atoms with Gasteiger partial charge in [0.15, 0.2) is 0 Å². The second-order valence-corrected chi connectivity index (χ2v) is 8.05. The maximum Gasteiger partial charge on any atom is 0.228 e. The molecule has 0 spiro atoms. The van der Waals surface area contributed by atoms with E-state index in [2.05, 4.69) is 24.3 Å². The summed E-state index contributed by atoms with van der Waals surface area (Å²) in [4.78, 5) is 15.3. The Hall–Kier alpha value is -3.66. The summed E-state index contributed by atoms with van der Waals surface area (Å²) in [7, 11) is 0. The van der Waals surface area contributed by atoms with E-state index < -0.39 is 0 Å². The van der Waals surface area contributed by atoms with E-state index in [0.29, 0.717) is 19.6 Å². The number of para-hydroxylation sites is 1. The summed E-state index contributed by atoms with van der Waals surface area (Å²) in [5.74, 6) is 0.487. The largest absolute Gasteiger partial charge is 0.494 e. The highest BCUT2D eigenvalue weighted by atomic mass is 19.1. The van der Waals surface area contributed by atoms with Crippen LogP contribution in [0.5, 0.6) is 5.75 Å². The molecule has 0 aliphatic carbocycles. The Kier molecular flexibility index (Phi) is 5.36. The number of carbonyl (C=O) groups is 1. The van der Waals surface area contributed by atoms with Crippen LogP contribution in [-0.2, 0) is 11.3 Å². The molecule has 3 nitrogen and oxygen atoms in total. The number of rotatable bonds is 5. The molecular formula is C28H24FNO2. The van der Waals surface area contributed by atoms with Crippen molar-refractivity contribution in [3.05, 3.63) is 107 Å². The number of hydrogen-bond acceptors (Lipinski definition) is 2. The van der Waals surface area contributed by atoms with Crippen molar-refractivity contribution >= 4 is 22.4 Å². The third-order valence-electron chi connectivity index (χ3n) is 6.11. The quantitative estimate of drug-likeness (QED) is 0.368. The lowest BCUT2D eigenvalue weighted by Gasteiger charge is -2.36. The van der Waals surface area contributed by atoms with Gasteiger partial charge < -0.3 is 9.64 Å². The zero-order valence-electron chi connectivity index (χ0n) is 17.9.